The minimum Gasteiger partial charge on any atom is -0.378 e. The van der Waals surface area contributed by atoms with Gasteiger partial charge in [0, 0.05) is 18.8 Å². The fraction of sp³-hybridized carbons (Fsp3) is 0.269. The van der Waals surface area contributed by atoms with Crippen LogP contribution in [0.3, 0.4) is 0 Å². The van der Waals surface area contributed by atoms with Crippen molar-refractivity contribution >= 4 is 22.6 Å². The van der Waals surface area contributed by atoms with Crippen LogP contribution in [0, 0.1) is 6.92 Å². The highest BCUT2D eigenvalue weighted by Crippen LogP contribution is 2.33. The summed E-state index contributed by atoms with van der Waals surface area (Å²) in [7, 11) is 0. The molecule has 1 saturated heterocycles. The van der Waals surface area contributed by atoms with E-state index in [1.807, 2.05) is 66.8 Å². The zero-order chi connectivity index (χ0) is 25.3. The minimum absolute atomic E-state index is 0.115. The Kier molecular flexibility index (Phi) is 6.36. The summed E-state index contributed by atoms with van der Waals surface area (Å²) in [6.45, 7) is 3.34. The third-order valence-electron chi connectivity index (χ3n) is 6.05. The van der Waals surface area contributed by atoms with E-state index < -0.39 is 18.6 Å². The van der Waals surface area contributed by atoms with Crippen LogP contribution in [0.5, 0.6) is 0 Å². The van der Waals surface area contributed by atoms with E-state index in [1.165, 1.54) is 6.07 Å². The van der Waals surface area contributed by atoms with Crippen molar-refractivity contribution < 1.29 is 22.7 Å². The summed E-state index contributed by atoms with van der Waals surface area (Å²) in [5.74, 6) is -0.904. The lowest BCUT2D eigenvalue weighted by atomic mass is 10.0. The smallest absolute Gasteiger partial charge is 0.378 e. The number of hydrogen-bond acceptors (Lipinski definition) is 5. The highest BCUT2D eigenvalue weighted by Gasteiger charge is 2.29. The number of amides is 1. The summed E-state index contributed by atoms with van der Waals surface area (Å²) in [4.78, 5) is 19.4. The molecule has 0 unspecified atom stereocenters. The normalized spacial score (nSPS) is 14.3. The number of anilines is 1. The number of pyridine rings is 1. The zero-order valence-electron chi connectivity index (χ0n) is 19.5. The third-order valence-corrected chi connectivity index (χ3v) is 6.05. The maximum atomic E-state index is 12.7. The maximum Gasteiger partial charge on any atom is 0.405 e. The fourth-order valence-corrected chi connectivity index (χ4v) is 4.33. The molecule has 5 rings (SSSR count). The first-order chi connectivity index (χ1) is 17.3. The summed E-state index contributed by atoms with van der Waals surface area (Å²) >= 11 is 0. The number of hydrogen-bond donors (Lipinski definition) is 1. The Labute approximate surface area is 205 Å². The molecule has 2 aromatic heterocycles. The molecule has 1 aliphatic rings. The first-order valence-corrected chi connectivity index (χ1v) is 11.5. The van der Waals surface area contributed by atoms with Crippen molar-refractivity contribution in [2.45, 2.75) is 13.1 Å². The van der Waals surface area contributed by atoms with E-state index in [9.17, 15) is 18.0 Å². The number of carbonyl (C=O) groups is 1. The van der Waals surface area contributed by atoms with Crippen LogP contribution in [0.1, 0.15) is 16.2 Å². The Morgan fingerprint density at radius 1 is 1.03 bits per heavy atom. The predicted octanol–water partition coefficient (Wildman–Crippen LogP) is 4.52. The van der Waals surface area contributed by atoms with E-state index in [4.69, 9.17) is 4.74 Å². The number of ether oxygens (including phenoxy) is 1. The molecule has 10 heteroatoms. The van der Waals surface area contributed by atoms with Crippen LogP contribution in [0.25, 0.3) is 27.8 Å². The molecule has 4 aromatic rings. The van der Waals surface area contributed by atoms with Crippen LogP contribution in [-0.4, -0.2) is 59.7 Å². The van der Waals surface area contributed by atoms with Gasteiger partial charge in [-0.1, -0.05) is 30.3 Å². The van der Waals surface area contributed by atoms with Gasteiger partial charge in [-0.2, -0.15) is 18.3 Å². The summed E-state index contributed by atoms with van der Waals surface area (Å²) in [6, 6.07) is 18.7. The molecule has 7 nitrogen and oxygen atoms in total. The highest BCUT2D eigenvalue weighted by atomic mass is 19.4. The standard InChI is InChI=1S/C26H24F3N5O2/c1-17-23-21(18-7-9-19(10-8-18)33-11-13-36-14-12-33)15-22(25(35)30-16-26(27,28)29)31-24(23)34(32-17)20-5-3-2-4-6-20/h2-10,15H,11-14,16H2,1H3,(H,30,35). The highest BCUT2D eigenvalue weighted by molar-refractivity contribution is 6.02. The van der Waals surface area contributed by atoms with Crippen LogP contribution >= 0.6 is 0 Å². The molecular formula is C26H24F3N5O2. The fourth-order valence-electron chi connectivity index (χ4n) is 4.33. The van der Waals surface area contributed by atoms with Crippen molar-refractivity contribution in [1.82, 2.24) is 20.1 Å². The summed E-state index contributed by atoms with van der Waals surface area (Å²) < 4.78 is 45.3. The van der Waals surface area contributed by atoms with Crippen molar-refractivity contribution in [2.24, 2.45) is 0 Å². The largest absolute Gasteiger partial charge is 0.405 e. The van der Waals surface area contributed by atoms with E-state index in [1.54, 1.807) is 4.68 Å². The molecule has 1 amide bonds. The Morgan fingerprint density at radius 2 is 1.72 bits per heavy atom. The van der Waals surface area contributed by atoms with Gasteiger partial charge in [-0.05, 0) is 48.4 Å². The molecule has 1 N–H and O–H groups in total. The molecule has 1 aliphatic heterocycles. The van der Waals surface area contributed by atoms with Gasteiger partial charge in [0.15, 0.2) is 5.65 Å². The van der Waals surface area contributed by atoms with Gasteiger partial charge in [-0.25, -0.2) is 9.67 Å². The number of para-hydroxylation sites is 1. The van der Waals surface area contributed by atoms with Gasteiger partial charge in [0.05, 0.1) is 30.0 Å². The van der Waals surface area contributed by atoms with E-state index in [2.05, 4.69) is 15.0 Å². The predicted molar refractivity (Wildman–Crippen MR) is 130 cm³/mol. The van der Waals surface area contributed by atoms with Gasteiger partial charge in [0.2, 0.25) is 0 Å². The van der Waals surface area contributed by atoms with Crippen molar-refractivity contribution in [3.05, 3.63) is 72.1 Å². The quantitative estimate of drug-likeness (QED) is 0.441. The lowest BCUT2D eigenvalue weighted by molar-refractivity contribution is -0.123. The Morgan fingerprint density at radius 3 is 2.39 bits per heavy atom. The number of morpholine rings is 1. The number of aryl methyl sites for hydroxylation is 1. The first kappa shape index (κ1) is 23.8. The van der Waals surface area contributed by atoms with Crippen molar-refractivity contribution in [3.63, 3.8) is 0 Å². The van der Waals surface area contributed by atoms with Gasteiger partial charge < -0.3 is 15.0 Å². The monoisotopic (exact) mass is 495 g/mol. The second-order valence-corrected chi connectivity index (χ2v) is 8.53. The van der Waals surface area contributed by atoms with Crippen LogP contribution in [0.4, 0.5) is 18.9 Å². The topological polar surface area (TPSA) is 72.3 Å². The van der Waals surface area contributed by atoms with Gasteiger partial charge in [-0.3, -0.25) is 4.79 Å². The number of nitrogens with one attached hydrogen (secondary N) is 1. The molecule has 36 heavy (non-hydrogen) atoms. The number of aromatic nitrogens is 3. The van der Waals surface area contributed by atoms with Crippen LogP contribution in [0.15, 0.2) is 60.7 Å². The third kappa shape index (κ3) is 4.90. The molecule has 1 fully saturated rings. The molecule has 0 spiro atoms. The van der Waals surface area contributed by atoms with Crippen molar-refractivity contribution in [2.75, 3.05) is 37.7 Å². The average molecular weight is 496 g/mol. The average Bonchev–Trinajstić information content (AvgIpc) is 3.24. The minimum atomic E-state index is -4.53. The van der Waals surface area contributed by atoms with Crippen LogP contribution < -0.4 is 10.2 Å². The number of fused-ring (bicyclic) bond motifs is 1. The van der Waals surface area contributed by atoms with E-state index in [-0.39, 0.29) is 5.69 Å². The number of benzene rings is 2. The van der Waals surface area contributed by atoms with Gasteiger partial charge in [0.25, 0.3) is 5.91 Å². The number of nitrogens with zero attached hydrogens (tertiary/aromatic N) is 4. The number of rotatable bonds is 5. The summed E-state index contributed by atoms with van der Waals surface area (Å²) in [5, 5.41) is 7.30. The number of halogens is 3. The molecule has 2 aromatic carbocycles. The maximum absolute atomic E-state index is 12.7. The molecule has 0 bridgehead atoms. The van der Waals surface area contributed by atoms with Crippen molar-refractivity contribution in [3.8, 4) is 16.8 Å². The molecular weight excluding hydrogens is 471 g/mol. The Bertz CT molecular complexity index is 1380. The van der Waals surface area contributed by atoms with Gasteiger partial charge >= 0.3 is 6.18 Å². The summed E-state index contributed by atoms with van der Waals surface area (Å²) in [5.41, 5.74) is 4.22. The molecule has 0 radical (unpaired) electrons. The summed E-state index contributed by atoms with van der Waals surface area (Å²) in [6.07, 6.45) is -4.53. The van der Waals surface area contributed by atoms with Crippen LogP contribution in [0.2, 0.25) is 0 Å². The number of carbonyl (C=O) groups excluding carboxylic acids is 1. The van der Waals surface area contributed by atoms with Crippen LogP contribution in [-0.2, 0) is 4.74 Å². The zero-order valence-corrected chi connectivity index (χ0v) is 19.5. The number of alkyl halides is 3. The van der Waals surface area contributed by atoms with Gasteiger partial charge in [-0.15, -0.1) is 0 Å². The van der Waals surface area contributed by atoms with Gasteiger partial charge in [0.1, 0.15) is 12.2 Å². The van der Waals surface area contributed by atoms with Crippen molar-refractivity contribution in [1.29, 1.82) is 0 Å². The lowest BCUT2D eigenvalue weighted by Gasteiger charge is -2.29. The molecule has 0 saturated carbocycles. The molecule has 186 valence electrons. The second-order valence-electron chi connectivity index (χ2n) is 8.53. The van der Waals surface area contributed by atoms with E-state index in [0.717, 1.165) is 35.4 Å². The molecule has 0 atom stereocenters. The van der Waals surface area contributed by atoms with E-state index in [0.29, 0.717) is 30.1 Å². The van der Waals surface area contributed by atoms with E-state index >= 15 is 0 Å². The Hall–Kier alpha value is -3.92. The molecule has 0 aliphatic carbocycles. The lowest BCUT2D eigenvalue weighted by Crippen LogP contribution is -2.36. The second kappa shape index (κ2) is 9.62. The Balaban J connectivity index is 1.62. The first-order valence-electron chi connectivity index (χ1n) is 11.5. The molecule has 3 heterocycles. The SMILES string of the molecule is Cc1nn(-c2ccccc2)c2nc(C(=O)NCC(F)(F)F)cc(-c3ccc(N4CCOCC4)cc3)c12.